The molecule has 0 amide bonds. The largest absolute Gasteiger partial charge is 0.493 e. The summed E-state index contributed by atoms with van der Waals surface area (Å²) in [6.45, 7) is 1.67. The normalized spacial score (nSPS) is 16.8. The van der Waals surface area contributed by atoms with Crippen LogP contribution in [0.25, 0.3) is 0 Å². The molecule has 1 atom stereocenters. The number of ether oxygens (including phenoxy) is 1. The third kappa shape index (κ3) is 2.36. The van der Waals surface area contributed by atoms with Crippen molar-refractivity contribution in [1.82, 2.24) is 4.90 Å². The quantitative estimate of drug-likeness (QED) is 0.840. The Morgan fingerprint density at radius 1 is 1.44 bits per heavy atom. The Balaban J connectivity index is 2.26. The molecule has 1 heterocycles. The lowest BCUT2D eigenvalue weighted by Crippen LogP contribution is -2.27. The van der Waals surface area contributed by atoms with Crippen LogP contribution >= 0.6 is 0 Å². The van der Waals surface area contributed by atoms with Crippen LogP contribution < -0.4 is 10.5 Å². The van der Waals surface area contributed by atoms with Gasteiger partial charge in [-0.1, -0.05) is 18.2 Å². The lowest BCUT2D eigenvalue weighted by Gasteiger charge is -2.24. The Kier molecular flexibility index (Phi) is 3.46. The Bertz CT molecular complexity index is 363. The van der Waals surface area contributed by atoms with Crippen molar-refractivity contribution in [2.24, 2.45) is 5.73 Å². The van der Waals surface area contributed by atoms with Gasteiger partial charge in [0.2, 0.25) is 0 Å². The molecule has 0 fully saturated rings. The van der Waals surface area contributed by atoms with Crippen LogP contribution in [0.15, 0.2) is 18.2 Å². The Morgan fingerprint density at radius 2 is 2.25 bits per heavy atom. The number of rotatable bonds is 3. The Morgan fingerprint density at radius 3 is 3.00 bits per heavy atom. The third-order valence-corrected chi connectivity index (χ3v) is 2.93. The lowest BCUT2D eigenvalue weighted by atomic mass is 9.98. The molecule has 88 valence electrons. The predicted octanol–water partition coefficient (Wildman–Crippen LogP) is 1.57. The Labute approximate surface area is 97.2 Å². The topological polar surface area (TPSA) is 38.5 Å². The van der Waals surface area contributed by atoms with Crippen molar-refractivity contribution in [3.63, 3.8) is 0 Å². The fraction of sp³-hybridized carbons (Fsp3) is 0.538. The van der Waals surface area contributed by atoms with Gasteiger partial charge in [0, 0.05) is 18.2 Å². The number of likely N-dealkylation sites (N-methyl/N-ethyl adjacent to an activating group) is 1. The molecule has 3 heteroatoms. The van der Waals surface area contributed by atoms with Crippen molar-refractivity contribution in [3.05, 3.63) is 29.3 Å². The van der Waals surface area contributed by atoms with Crippen LogP contribution in [0.4, 0.5) is 0 Å². The van der Waals surface area contributed by atoms with Crippen molar-refractivity contribution < 1.29 is 4.74 Å². The second kappa shape index (κ2) is 4.85. The van der Waals surface area contributed by atoms with E-state index in [2.05, 4.69) is 23.1 Å². The number of hydrogen-bond donors (Lipinski definition) is 1. The van der Waals surface area contributed by atoms with Gasteiger partial charge >= 0.3 is 0 Å². The van der Waals surface area contributed by atoms with Crippen LogP contribution in [-0.2, 0) is 6.42 Å². The highest BCUT2D eigenvalue weighted by atomic mass is 16.5. The Hall–Kier alpha value is -1.06. The van der Waals surface area contributed by atoms with E-state index in [1.54, 1.807) is 0 Å². The molecule has 1 unspecified atom stereocenters. The van der Waals surface area contributed by atoms with Crippen LogP contribution in [0, 0.1) is 0 Å². The molecule has 0 bridgehead atoms. The van der Waals surface area contributed by atoms with E-state index >= 15 is 0 Å². The van der Waals surface area contributed by atoms with E-state index in [1.165, 1.54) is 5.56 Å². The van der Waals surface area contributed by atoms with Crippen molar-refractivity contribution in [1.29, 1.82) is 0 Å². The van der Waals surface area contributed by atoms with E-state index in [0.29, 0.717) is 0 Å². The van der Waals surface area contributed by atoms with Crippen LogP contribution in [0.3, 0.4) is 0 Å². The smallest absolute Gasteiger partial charge is 0.127 e. The van der Waals surface area contributed by atoms with Crippen LogP contribution in [-0.4, -0.2) is 32.1 Å². The molecule has 2 rings (SSSR count). The number of aryl methyl sites for hydroxylation is 1. The maximum absolute atomic E-state index is 6.20. The molecule has 1 aromatic rings. The van der Waals surface area contributed by atoms with Gasteiger partial charge in [-0.2, -0.15) is 0 Å². The van der Waals surface area contributed by atoms with Crippen molar-refractivity contribution in [2.45, 2.75) is 18.9 Å². The summed E-state index contributed by atoms with van der Waals surface area (Å²) in [5, 5.41) is 0. The van der Waals surface area contributed by atoms with E-state index in [4.69, 9.17) is 10.5 Å². The summed E-state index contributed by atoms with van der Waals surface area (Å²) in [7, 11) is 4.08. The SMILES string of the molecule is CN(C)CC(N)c1cccc2c1OCCC2. The first kappa shape index (κ1) is 11.4. The minimum atomic E-state index is 0.0306. The number of para-hydroxylation sites is 1. The molecule has 0 spiro atoms. The van der Waals surface area contributed by atoms with Crippen LogP contribution in [0.2, 0.25) is 0 Å². The zero-order valence-corrected chi connectivity index (χ0v) is 10.1. The van der Waals surface area contributed by atoms with Gasteiger partial charge in [0.1, 0.15) is 5.75 Å². The molecule has 0 aliphatic carbocycles. The minimum Gasteiger partial charge on any atom is -0.493 e. The number of fused-ring (bicyclic) bond motifs is 1. The third-order valence-electron chi connectivity index (χ3n) is 2.93. The molecule has 1 aliphatic heterocycles. The molecule has 1 aromatic carbocycles. The van der Waals surface area contributed by atoms with Crippen LogP contribution in [0.1, 0.15) is 23.6 Å². The molecule has 1 aliphatic rings. The van der Waals surface area contributed by atoms with Crippen molar-refractivity contribution in [2.75, 3.05) is 27.2 Å². The van der Waals surface area contributed by atoms with E-state index in [1.807, 2.05) is 14.1 Å². The summed E-state index contributed by atoms with van der Waals surface area (Å²) in [6, 6.07) is 6.33. The zero-order chi connectivity index (χ0) is 11.5. The highest BCUT2D eigenvalue weighted by Crippen LogP contribution is 2.32. The van der Waals surface area contributed by atoms with Gasteiger partial charge in [0.25, 0.3) is 0 Å². The molecule has 3 nitrogen and oxygen atoms in total. The molecule has 0 aromatic heterocycles. The number of nitrogens with two attached hydrogens (primary N) is 1. The molecule has 0 saturated heterocycles. The molecular weight excluding hydrogens is 200 g/mol. The molecular formula is C13H20N2O. The molecule has 16 heavy (non-hydrogen) atoms. The van der Waals surface area contributed by atoms with Gasteiger partial charge in [-0.05, 0) is 32.5 Å². The minimum absolute atomic E-state index is 0.0306. The summed E-state index contributed by atoms with van der Waals surface area (Å²) >= 11 is 0. The highest BCUT2D eigenvalue weighted by Gasteiger charge is 2.18. The fourth-order valence-electron chi connectivity index (χ4n) is 2.20. The van der Waals surface area contributed by atoms with Gasteiger partial charge in [0.05, 0.1) is 6.61 Å². The summed E-state index contributed by atoms with van der Waals surface area (Å²) in [6.07, 6.45) is 2.22. The van der Waals surface area contributed by atoms with Gasteiger partial charge < -0.3 is 15.4 Å². The van der Waals surface area contributed by atoms with E-state index < -0.39 is 0 Å². The molecule has 0 saturated carbocycles. The average molecular weight is 220 g/mol. The maximum Gasteiger partial charge on any atom is 0.127 e. The summed E-state index contributed by atoms with van der Waals surface area (Å²) in [4.78, 5) is 2.10. The summed E-state index contributed by atoms with van der Waals surface area (Å²) in [5.41, 5.74) is 8.65. The lowest BCUT2D eigenvalue weighted by molar-refractivity contribution is 0.280. The first-order chi connectivity index (χ1) is 7.68. The standard InChI is InChI=1S/C13H20N2O/c1-15(2)9-12(14)11-7-3-5-10-6-4-8-16-13(10)11/h3,5,7,12H,4,6,8-9,14H2,1-2H3. The van der Waals surface area contributed by atoms with Gasteiger partial charge in [0.15, 0.2) is 0 Å². The van der Waals surface area contributed by atoms with Gasteiger partial charge in [-0.25, -0.2) is 0 Å². The summed E-state index contributed by atoms with van der Waals surface area (Å²) in [5.74, 6) is 1.03. The van der Waals surface area contributed by atoms with Crippen molar-refractivity contribution in [3.8, 4) is 5.75 Å². The van der Waals surface area contributed by atoms with E-state index in [9.17, 15) is 0 Å². The number of nitrogens with zero attached hydrogens (tertiary/aromatic N) is 1. The van der Waals surface area contributed by atoms with E-state index in [0.717, 1.165) is 37.3 Å². The first-order valence-corrected chi connectivity index (χ1v) is 5.83. The molecule has 2 N–H and O–H groups in total. The van der Waals surface area contributed by atoms with Gasteiger partial charge in [-0.15, -0.1) is 0 Å². The monoisotopic (exact) mass is 220 g/mol. The van der Waals surface area contributed by atoms with Crippen LogP contribution in [0.5, 0.6) is 5.75 Å². The van der Waals surface area contributed by atoms with Crippen molar-refractivity contribution >= 4 is 0 Å². The fourth-order valence-corrected chi connectivity index (χ4v) is 2.20. The maximum atomic E-state index is 6.20. The predicted molar refractivity (Wildman–Crippen MR) is 65.7 cm³/mol. The summed E-state index contributed by atoms with van der Waals surface area (Å²) < 4.78 is 5.76. The number of benzene rings is 1. The van der Waals surface area contributed by atoms with E-state index in [-0.39, 0.29) is 6.04 Å². The molecule has 0 radical (unpaired) electrons. The first-order valence-electron chi connectivity index (χ1n) is 5.83. The second-order valence-corrected chi connectivity index (χ2v) is 4.66. The average Bonchev–Trinajstić information content (AvgIpc) is 2.27. The zero-order valence-electron chi connectivity index (χ0n) is 10.1. The number of hydrogen-bond acceptors (Lipinski definition) is 3. The second-order valence-electron chi connectivity index (χ2n) is 4.66. The van der Waals surface area contributed by atoms with Gasteiger partial charge in [-0.3, -0.25) is 0 Å². The highest BCUT2D eigenvalue weighted by molar-refractivity contribution is 5.44.